The molecule has 0 spiro atoms. The quantitative estimate of drug-likeness (QED) is 0.523. The summed E-state index contributed by atoms with van der Waals surface area (Å²) in [6, 6.07) is 3.56. The number of nitrogens with one attached hydrogen (secondary N) is 1. The lowest BCUT2D eigenvalue weighted by atomic mass is 9.89. The molecular weight excluding hydrogens is 395 g/mol. The zero-order chi connectivity index (χ0) is 21.5. The number of aromatic nitrogens is 6. The Balaban J connectivity index is 1.56. The maximum absolute atomic E-state index is 13.8. The maximum atomic E-state index is 13.8. The molecule has 8 nitrogen and oxygen atoms in total. The van der Waals surface area contributed by atoms with Crippen LogP contribution >= 0.6 is 0 Å². The second-order valence-corrected chi connectivity index (χ2v) is 8.17. The van der Waals surface area contributed by atoms with Crippen LogP contribution in [-0.2, 0) is 12.8 Å². The van der Waals surface area contributed by atoms with Gasteiger partial charge in [-0.2, -0.15) is 14.6 Å². The van der Waals surface area contributed by atoms with Crippen LogP contribution in [0.4, 0.5) is 16.2 Å². The third-order valence-electron chi connectivity index (χ3n) is 5.71. The van der Waals surface area contributed by atoms with Gasteiger partial charge in [0.1, 0.15) is 11.6 Å². The first-order chi connectivity index (χ1) is 15.0. The van der Waals surface area contributed by atoms with E-state index in [0.29, 0.717) is 28.8 Å². The Bertz CT molecular complexity index is 1270. The predicted octanol–water partition coefficient (Wildman–Crippen LogP) is 3.40. The molecule has 158 valence electrons. The third-order valence-corrected chi connectivity index (χ3v) is 5.71. The van der Waals surface area contributed by atoms with Crippen LogP contribution < -0.4 is 11.1 Å². The van der Waals surface area contributed by atoms with E-state index in [9.17, 15) is 4.39 Å². The van der Waals surface area contributed by atoms with E-state index in [1.165, 1.54) is 17.8 Å². The molecule has 3 N–H and O–H groups in total. The second kappa shape index (κ2) is 7.57. The lowest BCUT2D eigenvalue weighted by Gasteiger charge is -2.26. The first-order valence-corrected chi connectivity index (χ1v) is 10.3. The average molecular weight is 418 g/mol. The Labute approximate surface area is 178 Å². The molecule has 0 radical (unpaired) electrons. The van der Waals surface area contributed by atoms with Crippen LogP contribution in [0.25, 0.3) is 17.0 Å². The van der Waals surface area contributed by atoms with Crippen molar-refractivity contribution in [3.63, 3.8) is 0 Å². The van der Waals surface area contributed by atoms with Crippen LogP contribution in [0.15, 0.2) is 36.9 Å². The van der Waals surface area contributed by atoms with Gasteiger partial charge in [0, 0.05) is 29.6 Å². The first-order valence-electron chi connectivity index (χ1n) is 10.3. The van der Waals surface area contributed by atoms with Gasteiger partial charge in [-0.05, 0) is 48.4 Å². The Morgan fingerprint density at radius 2 is 2.10 bits per heavy atom. The third kappa shape index (κ3) is 3.56. The molecule has 31 heavy (non-hydrogen) atoms. The molecule has 4 aromatic rings. The minimum Gasteiger partial charge on any atom is -0.383 e. The van der Waals surface area contributed by atoms with Crippen molar-refractivity contribution in [3.8, 4) is 11.4 Å². The highest BCUT2D eigenvalue weighted by atomic mass is 19.1. The molecule has 0 aliphatic heterocycles. The lowest BCUT2D eigenvalue weighted by molar-refractivity contribution is 0.602. The van der Waals surface area contributed by atoms with Crippen molar-refractivity contribution in [2.45, 2.75) is 45.1 Å². The van der Waals surface area contributed by atoms with Gasteiger partial charge in [0.25, 0.3) is 0 Å². The molecule has 1 atom stereocenters. The largest absolute Gasteiger partial charge is 0.383 e. The van der Waals surface area contributed by atoms with Crippen molar-refractivity contribution in [1.29, 1.82) is 0 Å². The summed E-state index contributed by atoms with van der Waals surface area (Å²) in [5, 5.41) is 8.06. The van der Waals surface area contributed by atoms with Crippen molar-refractivity contribution < 1.29 is 4.39 Å². The lowest BCUT2D eigenvalue weighted by Crippen LogP contribution is -2.29. The van der Waals surface area contributed by atoms with Gasteiger partial charge in [0.15, 0.2) is 11.5 Å². The number of halogens is 1. The zero-order valence-electron chi connectivity index (χ0n) is 17.4. The molecule has 0 saturated carbocycles. The number of hydrogen-bond acceptors (Lipinski definition) is 7. The number of nitrogens with two attached hydrogens (primary N) is 1. The van der Waals surface area contributed by atoms with Gasteiger partial charge in [0.05, 0.1) is 12.4 Å². The van der Waals surface area contributed by atoms with E-state index in [0.717, 1.165) is 30.4 Å². The number of nitrogen functional groups attached to an aromatic ring is 1. The van der Waals surface area contributed by atoms with Crippen LogP contribution in [0.2, 0.25) is 0 Å². The van der Waals surface area contributed by atoms with Crippen LogP contribution in [0, 0.1) is 5.82 Å². The Morgan fingerprint density at radius 3 is 2.90 bits per heavy atom. The van der Waals surface area contributed by atoms with E-state index in [2.05, 4.69) is 44.2 Å². The monoisotopic (exact) mass is 418 g/mol. The molecule has 1 aliphatic carbocycles. The fraction of sp³-hybridized carbons (Fsp3) is 0.318. The fourth-order valence-electron chi connectivity index (χ4n) is 4.08. The number of nitrogens with zero attached hydrogens (tertiary/aromatic N) is 6. The first kappa shape index (κ1) is 19.3. The van der Waals surface area contributed by atoms with Gasteiger partial charge in [-0.3, -0.25) is 4.98 Å². The van der Waals surface area contributed by atoms with Crippen LogP contribution in [0.3, 0.4) is 0 Å². The number of anilines is 2. The van der Waals surface area contributed by atoms with Crippen molar-refractivity contribution in [2.24, 2.45) is 0 Å². The predicted molar refractivity (Wildman–Crippen MR) is 116 cm³/mol. The molecule has 4 aromatic heterocycles. The number of pyridine rings is 2. The SMILES string of the molecule is CC(C)c1cnn2c(N[C@H]3CCc4c(ccnc4N)C3)nc(-c3cncc(F)c3)nc12. The summed E-state index contributed by atoms with van der Waals surface area (Å²) < 4.78 is 15.5. The van der Waals surface area contributed by atoms with Crippen LogP contribution in [0.1, 0.15) is 42.9 Å². The van der Waals surface area contributed by atoms with Gasteiger partial charge >= 0.3 is 0 Å². The normalized spacial score (nSPS) is 15.9. The van der Waals surface area contributed by atoms with Crippen LogP contribution in [0.5, 0.6) is 0 Å². The Hall–Kier alpha value is -3.62. The standard InChI is InChI=1S/C22H23FN8/c1-12(2)18-11-27-31-21(18)29-20(14-7-15(23)10-25-9-14)30-22(31)28-16-3-4-17-13(8-16)5-6-26-19(17)24/h5-7,9-12,16H,3-4,8H2,1-2H3,(H2,24,26)(H,28,29,30)/t16-/m0/s1. The van der Waals surface area contributed by atoms with Crippen molar-refractivity contribution >= 4 is 17.4 Å². The van der Waals surface area contributed by atoms with Crippen molar-refractivity contribution in [3.05, 3.63) is 59.4 Å². The Kier molecular flexibility index (Phi) is 4.72. The van der Waals surface area contributed by atoms with E-state index in [1.807, 2.05) is 12.3 Å². The summed E-state index contributed by atoms with van der Waals surface area (Å²) in [6.07, 6.45) is 8.84. The minimum atomic E-state index is -0.428. The molecule has 0 aromatic carbocycles. The highest BCUT2D eigenvalue weighted by Crippen LogP contribution is 2.28. The molecule has 0 saturated heterocycles. The average Bonchev–Trinajstić information content (AvgIpc) is 3.18. The summed E-state index contributed by atoms with van der Waals surface area (Å²) in [4.78, 5) is 17.5. The van der Waals surface area contributed by atoms with Gasteiger partial charge in [-0.1, -0.05) is 13.8 Å². The number of fused-ring (bicyclic) bond motifs is 2. The smallest absolute Gasteiger partial charge is 0.228 e. The molecule has 4 heterocycles. The topological polar surface area (TPSA) is 107 Å². The fourth-order valence-corrected chi connectivity index (χ4v) is 4.08. The Morgan fingerprint density at radius 1 is 1.23 bits per heavy atom. The molecular formula is C22H23FN8. The molecule has 1 aliphatic rings. The van der Waals surface area contributed by atoms with Gasteiger partial charge in [-0.15, -0.1) is 0 Å². The van der Waals surface area contributed by atoms with Crippen LogP contribution in [-0.4, -0.2) is 35.6 Å². The van der Waals surface area contributed by atoms with Crippen molar-refractivity contribution in [1.82, 2.24) is 29.5 Å². The summed E-state index contributed by atoms with van der Waals surface area (Å²) >= 11 is 0. The summed E-state index contributed by atoms with van der Waals surface area (Å²) in [5.74, 6) is 1.40. The maximum Gasteiger partial charge on any atom is 0.228 e. The van der Waals surface area contributed by atoms with E-state index < -0.39 is 5.82 Å². The summed E-state index contributed by atoms with van der Waals surface area (Å²) in [7, 11) is 0. The van der Waals surface area contributed by atoms with Gasteiger partial charge in [-0.25, -0.2) is 14.4 Å². The minimum absolute atomic E-state index is 0.151. The van der Waals surface area contributed by atoms with E-state index in [4.69, 9.17) is 5.73 Å². The van der Waals surface area contributed by atoms with E-state index in [1.54, 1.807) is 16.9 Å². The van der Waals surface area contributed by atoms with Gasteiger partial charge in [0.2, 0.25) is 5.95 Å². The second-order valence-electron chi connectivity index (χ2n) is 8.17. The highest BCUT2D eigenvalue weighted by Gasteiger charge is 2.23. The van der Waals surface area contributed by atoms with E-state index >= 15 is 0 Å². The molecule has 0 fully saturated rings. The summed E-state index contributed by atoms with van der Waals surface area (Å²) in [6.45, 7) is 4.18. The number of rotatable bonds is 4. The molecule has 0 bridgehead atoms. The molecule has 5 rings (SSSR count). The van der Waals surface area contributed by atoms with Gasteiger partial charge < -0.3 is 11.1 Å². The molecule has 9 heteroatoms. The highest BCUT2D eigenvalue weighted by molar-refractivity contribution is 5.62. The van der Waals surface area contributed by atoms with E-state index in [-0.39, 0.29) is 12.0 Å². The summed E-state index contributed by atoms with van der Waals surface area (Å²) in [5.41, 5.74) is 10.6. The zero-order valence-corrected chi connectivity index (χ0v) is 17.4. The van der Waals surface area contributed by atoms with Crippen molar-refractivity contribution in [2.75, 3.05) is 11.1 Å². The number of hydrogen-bond donors (Lipinski definition) is 2. The molecule has 0 amide bonds. The molecule has 0 unspecified atom stereocenters.